The van der Waals surface area contributed by atoms with E-state index in [9.17, 15) is 0 Å². The fourth-order valence-electron chi connectivity index (χ4n) is 0.784. The topological polar surface area (TPSA) is 33.6 Å². The lowest BCUT2D eigenvalue weighted by atomic mass is 10.6. The van der Waals surface area contributed by atoms with Gasteiger partial charge in [-0.2, -0.15) is 0 Å². The summed E-state index contributed by atoms with van der Waals surface area (Å²) < 4.78 is 5.58. The molecule has 1 unspecified atom stereocenters. The first kappa shape index (κ1) is 15.2. The van der Waals surface area contributed by atoms with Crippen molar-refractivity contribution >= 4 is 35.1 Å². The molecule has 0 bridgehead atoms. The van der Waals surface area contributed by atoms with E-state index in [1.165, 1.54) is 0 Å². The maximum atomic E-state index is 5.58. The third kappa shape index (κ3) is 8.03. The summed E-state index contributed by atoms with van der Waals surface area (Å²) in [6, 6.07) is 0. The quantitative estimate of drug-likeness (QED) is 0.316. The van der Waals surface area contributed by atoms with Crippen molar-refractivity contribution in [2.45, 2.75) is 26.0 Å². The Bertz CT molecular complexity index is 256. The minimum absolute atomic E-state index is 0.447. The summed E-state index contributed by atoms with van der Waals surface area (Å²) >= 11 is 7.11. The van der Waals surface area contributed by atoms with Crippen LogP contribution in [0.4, 0.5) is 0 Å². The Morgan fingerprint density at radius 2 is 2.33 bits per heavy atom. The van der Waals surface area contributed by atoms with Crippen LogP contribution in [0, 0.1) is 0 Å². The van der Waals surface area contributed by atoms with Crippen LogP contribution in [-0.4, -0.2) is 24.7 Å². The molecule has 0 aliphatic heterocycles. The Balaban J connectivity index is 4.24. The number of hydrogen-bond donors (Lipinski definition) is 1. The van der Waals surface area contributed by atoms with E-state index >= 15 is 0 Å². The molecule has 0 fully saturated rings. The number of nitrogens with one attached hydrogen (secondary N) is 1. The van der Waals surface area contributed by atoms with Gasteiger partial charge in [0, 0.05) is 5.25 Å². The number of rotatable bonds is 8. The van der Waals surface area contributed by atoms with Gasteiger partial charge in [-0.3, -0.25) is 4.99 Å². The summed E-state index contributed by atoms with van der Waals surface area (Å²) in [4.78, 5) is 4.08. The molecule has 88 valence electrons. The van der Waals surface area contributed by atoms with Gasteiger partial charge in [0.05, 0.1) is 19.5 Å². The van der Waals surface area contributed by atoms with Crippen LogP contribution in [-0.2, 0) is 16.3 Å². The van der Waals surface area contributed by atoms with E-state index in [2.05, 4.69) is 30.5 Å². The highest BCUT2D eigenvalue weighted by Gasteiger charge is 2.18. The molecular formula is C9H19N2OPS2. The van der Waals surface area contributed by atoms with E-state index in [1.807, 2.05) is 6.92 Å². The van der Waals surface area contributed by atoms with Crippen LogP contribution in [0.3, 0.4) is 0 Å². The zero-order valence-corrected chi connectivity index (χ0v) is 12.0. The van der Waals surface area contributed by atoms with Crippen LogP contribution in [0.5, 0.6) is 0 Å². The lowest BCUT2D eigenvalue weighted by Crippen LogP contribution is -2.09. The van der Waals surface area contributed by atoms with Crippen LogP contribution in [0.1, 0.15) is 20.8 Å². The summed E-state index contributed by atoms with van der Waals surface area (Å²) in [6.45, 7) is 11.0. The number of aliphatic imine (C=N–C) groups is 1. The molecule has 0 spiro atoms. The van der Waals surface area contributed by atoms with Gasteiger partial charge in [0.2, 0.25) is 5.62 Å². The van der Waals surface area contributed by atoms with Crippen molar-refractivity contribution in [3.05, 3.63) is 12.7 Å². The Morgan fingerprint density at radius 3 is 2.80 bits per heavy atom. The molecule has 1 N–H and O–H groups in total. The molecule has 0 aromatic rings. The van der Waals surface area contributed by atoms with Gasteiger partial charge < -0.3 is 9.61 Å². The Hall–Kier alpha value is 0.170. The van der Waals surface area contributed by atoms with E-state index in [0.717, 1.165) is 0 Å². The van der Waals surface area contributed by atoms with Gasteiger partial charge in [-0.25, -0.2) is 0 Å². The minimum atomic E-state index is -2.00. The van der Waals surface area contributed by atoms with E-state index in [-0.39, 0.29) is 0 Å². The largest absolute Gasteiger partial charge is 0.327 e. The lowest BCUT2D eigenvalue weighted by Gasteiger charge is -2.22. The van der Waals surface area contributed by atoms with Crippen molar-refractivity contribution in [2.75, 3.05) is 13.2 Å². The lowest BCUT2D eigenvalue weighted by molar-refractivity contribution is 0.383. The minimum Gasteiger partial charge on any atom is -0.327 e. The van der Waals surface area contributed by atoms with Crippen LogP contribution in [0.15, 0.2) is 17.6 Å². The van der Waals surface area contributed by atoms with E-state index < -0.39 is 5.62 Å². The molecule has 0 aliphatic carbocycles. The average molecular weight is 266 g/mol. The van der Waals surface area contributed by atoms with Crippen LogP contribution in [0.25, 0.3) is 0 Å². The summed E-state index contributed by atoms with van der Waals surface area (Å²) in [5, 5.41) is 3.54. The Labute approximate surface area is 102 Å². The molecule has 1 atom stereocenters. The molecule has 0 saturated carbocycles. The van der Waals surface area contributed by atoms with Crippen LogP contribution in [0.2, 0.25) is 0 Å². The molecular weight excluding hydrogens is 247 g/mol. The van der Waals surface area contributed by atoms with Crippen molar-refractivity contribution in [1.29, 1.82) is 0 Å². The van der Waals surface area contributed by atoms with Gasteiger partial charge in [0.15, 0.2) is 0 Å². The number of nitrogens with zero attached hydrogens (tertiary/aromatic N) is 1. The molecule has 0 heterocycles. The van der Waals surface area contributed by atoms with Crippen LogP contribution >= 0.6 is 17.0 Å². The maximum absolute atomic E-state index is 5.58. The molecule has 6 heteroatoms. The summed E-state index contributed by atoms with van der Waals surface area (Å²) in [5.74, 6) is 0. The van der Waals surface area contributed by atoms with Crippen molar-refractivity contribution < 1.29 is 4.52 Å². The zero-order chi connectivity index (χ0) is 11.7. The predicted molar refractivity (Wildman–Crippen MR) is 75.3 cm³/mol. The summed E-state index contributed by atoms with van der Waals surface area (Å²) in [5.41, 5.74) is -2.00. The molecule has 0 amide bonds. The van der Waals surface area contributed by atoms with E-state index in [4.69, 9.17) is 16.3 Å². The first-order valence-corrected chi connectivity index (χ1v) is 9.04. The monoisotopic (exact) mass is 266 g/mol. The van der Waals surface area contributed by atoms with Crippen molar-refractivity contribution in [1.82, 2.24) is 5.09 Å². The predicted octanol–water partition coefficient (Wildman–Crippen LogP) is 3.19. The van der Waals surface area contributed by atoms with Crippen molar-refractivity contribution in [3.63, 3.8) is 0 Å². The smallest absolute Gasteiger partial charge is 0.211 e. The van der Waals surface area contributed by atoms with Gasteiger partial charge in [0.25, 0.3) is 0 Å². The maximum Gasteiger partial charge on any atom is 0.211 e. The molecule has 3 nitrogen and oxygen atoms in total. The molecule has 0 aromatic heterocycles. The first-order chi connectivity index (χ1) is 7.04. The second-order valence-electron chi connectivity index (χ2n) is 2.98. The van der Waals surface area contributed by atoms with E-state index in [0.29, 0.717) is 18.4 Å². The SMILES string of the molecule is C=CCN=CNP(=S)(OCC)SC(C)C. The second kappa shape index (κ2) is 8.34. The second-order valence-corrected chi connectivity index (χ2v) is 10.1. The average Bonchev–Trinajstić information content (AvgIpc) is 2.11. The normalized spacial score (nSPS) is 15.5. The highest BCUT2D eigenvalue weighted by molar-refractivity contribution is 8.69. The van der Waals surface area contributed by atoms with Gasteiger partial charge in [0.1, 0.15) is 0 Å². The Kier molecular flexibility index (Phi) is 8.43. The molecule has 15 heavy (non-hydrogen) atoms. The fraction of sp³-hybridized carbons (Fsp3) is 0.667. The highest BCUT2D eigenvalue weighted by Crippen LogP contribution is 2.57. The van der Waals surface area contributed by atoms with Gasteiger partial charge >= 0.3 is 0 Å². The molecule has 0 saturated heterocycles. The molecule has 0 rings (SSSR count). The third-order valence-corrected chi connectivity index (χ3v) is 7.06. The zero-order valence-electron chi connectivity index (χ0n) is 9.47. The third-order valence-electron chi connectivity index (χ3n) is 1.19. The molecule has 0 aliphatic rings. The number of hydrogen-bond acceptors (Lipinski definition) is 4. The standard InChI is InChI=1S/C9H19N2OPS2/c1-5-7-10-8-11-13(14,12-6-2)15-9(3)4/h5,8-9H,1,6-7H2,2-4H3,(H,10,11,14). The first-order valence-electron chi connectivity index (χ1n) is 4.84. The van der Waals surface area contributed by atoms with Crippen molar-refractivity contribution in [3.8, 4) is 0 Å². The summed E-state index contributed by atoms with van der Waals surface area (Å²) in [6.07, 6.45) is 3.37. The fourth-order valence-corrected chi connectivity index (χ4v) is 6.59. The van der Waals surface area contributed by atoms with E-state index in [1.54, 1.807) is 23.8 Å². The highest BCUT2D eigenvalue weighted by atomic mass is 32.9. The van der Waals surface area contributed by atoms with Gasteiger partial charge in [-0.1, -0.05) is 31.3 Å². The van der Waals surface area contributed by atoms with Crippen LogP contribution < -0.4 is 5.09 Å². The van der Waals surface area contributed by atoms with Gasteiger partial charge in [-0.05, 0) is 18.7 Å². The van der Waals surface area contributed by atoms with Gasteiger partial charge in [-0.15, -0.1) is 6.58 Å². The summed E-state index contributed by atoms with van der Waals surface area (Å²) in [7, 11) is 0. The Morgan fingerprint density at radius 1 is 1.67 bits per heavy atom. The molecule has 0 radical (unpaired) electrons. The van der Waals surface area contributed by atoms with Crippen molar-refractivity contribution in [2.24, 2.45) is 4.99 Å². The molecule has 0 aromatic carbocycles.